The van der Waals surface area contributed by atoms with Crippen molar-refractivity contribution in [3.8, 4) is 11.4 Å². The Kier molecular flexibility index (Phi) is 5.63. The van der Waals surface area contributed by atoms with E-state index in [0.717, 1.165) is 36.2 Å². The van der Waals surface area contributed by atoms with Crippen LogP contribution < -0.4 is 0 Å². The second kappa shape index (κ2) is 8.48. The number of hydrogen-bond acceptors (Lipinski definition) is 4. The Morgan fingerprint density at radius 3 is 2.64 bits per heavy atom. The first-order valence-corrected chi connectivity index (χ1v) is 9.82. The van der Waals surface area contributed by atoms with Crippen molar-refractivity contribution in [2.75, 3.05) is 13.1 Å². The summed E-state index contributed by atoms with van der Waals surface area (Å²) >= 11 is 5.93. The van der Waals surface area contributed by atoms with Gasteiger partial charge in [-0.15, -0.1) is 0 Å². The van der Waals surface area contributed by atoms with E-state index in [1.807, 2.05) is 47.4 Å². The lowest BCUT2D eigenvalue weighted by Gasteiger charge is -2.32. The monoisotopic (exact) mass is 392 g/mol. The molecule has 1 aliphatic heterocycles. The predicted octanol–water partition coefficient (Wildman–Crippen LogP) is 4.14. The molecular weight excluding hydrogens is 372 g/mol. The molecule has 28 heavy (non-hydrogen) atoms. The maximum atomic E-state index is 12.8. The van der Waals surface area contributed by atoms with Gasteiger partial charge in [-0.3, -0.25) is 9.78 Å². The Bertz CT molecular complexity index is 946. The van der Waals surface area contributed by atoms with Crippen LogP contribution in [0.4, 0.5) is 0 Å². The van der Waals surface area contributed by atoms with Gasteiger partial charge in [0, 0.05) is 53.9 Å². The van der Waals surface area contributed by atoms with Gasteiger partial charge in [0.05, 0.1) is 6.42 Å². The fourth-order valence-electron chi connectivity index (χ4n) is 3.57. The number of likely N-dealkylation sites (tertiary alicyclic amines) is 1. The highest BCUT2D eigenvalue weighted by atomic mass is 35.5. The molecule has 1 aromatic carbocycles. The molecule has 0 N–H and O–H groups in total. The Hall–Kier alpha value is -2.79. The number of rotatable bonds is 4. The molecule has 4 rings (SSSR count). The first-order chi connectivity index (χ1) is 13.7. The van der Waals surface area contributed by atoms with Gasteiger partial charge in [-0.25, -0.2) is 9.97 Å². The van der Waals surface area contributed by atoms with Crippen LogP contribution in [-0.4, -0.2) is 38.8 Å². The molecule has 1 atom stereocenters. The highest BCUT2D eigenvalue weighted by Gasteiger charge is 2.26. The minimum absolute atomic E-state index is 0.149. The maximum absolute atomic E-state index is 12.8. The van der Waals surface area contributed by atoms with Crippen molar-refractivity contribution < 1.29 is 4.79 Å². The standard InChI is InChI=1S/C22H21ClN4O/c23-19-5-3-16(4-6-19)14-21(28)27-13-1-2-18(15-27)20-9-12-25-22(26-20)17-7-10-24-11-8-17/h3-12,18H,1-2,13-15H2/t18-/m1/s1. The zero-order chi connectivity index (χ0) is 19.3. The minimum atomic E-state index is 0.149. The van der Waals surface area contributed by atoms with Crippen molar-refractivity contribution in [1.82, 2.24) is 19.9 Å². The predicted molar refractivity (Wildman–Crippen MR) is 109 cm³/mol. The number of benzene rings is 1. The summed E-state index contributed by atoms with van der Waals surface area (Å²) in [6, 6.07) is 13.2. The highest BCUT2D eigenvalue weighted by molar-refractivity contribution is 6.30. The summed E-state index contributed by atoms with van der Waals surface area (Å²) < 4.78 is 0. The lowest BCUT2D eigenvalue weighted by atomic mass is 9.94. The van der Waals surface area contributed by atoms with Gasteiger partial charge in [-0.2, -0.15) is 0 Å². The zero-order valence-corrected chi connectivity index (χ0v) is 16.2. The van der Waals surface area contributed by atoms with Crippen LogP contribution in [0.1, 0.15) is 30.0 Å². The quantitative estimate of drug-likeness (QED) is 0.669. The molecule has 2 aromatic heterocycles. The van der Waals surface area contributed by atoms with Gasteiger partial charge < -0.3 is 4.90 Å². The van der Waals surface area contributed by atoms with E-state index in [9.17, 15) is 4.79 Å². The average Bonchev–Trinajstić information content (AvgIpc) is 2.76. The number of amides is 1. The SMILES string of the molecule is O=C(Cc1ccc(Cl)cc1)N1CCC[C@@H](c2ccnc(-c3ccncc3)n2)C1. The molecule has 1 saturated heterocycles. The van der Waals surface area contributed by atoms with Crippen LogP contribution in [0, 0.1) is 0 Å². The molecule has 0 aliphatic carbocycles. The van der Waals surface area contributed by atoms with Crippen LogP contribution in [0.25, 0.3) is 11.4 Å². The summed E-state index contributed by atoms with van der Waals surface area (Å²) in [7, 11) is 0. The van der Waals surface area contributed by atoms with Gasteiger partial charge in [0.25, 0.3) is 0 Å². The van der Waals surface area contributed by atoms with Crippen LogP contribution in [0.2, 0.25) is 5.02 Å². The molecule has 6 heteroatoms. The van der Waals surface area contributed by atoms with Crippen molar-refractivity contribution in [1.29, 1.82) is 0 Å². The smallest absolute Gasteiger partial charge is 0.227 e. The number of pyridine rings is 1. The molecule has 3 aromatic rings. The molecule has 0 bridgehead atoms. The number of piperidine rings is 1. The molecule has 0 saturated carbocycles. The summed E-state index contributed by atoms with van der Waals surface area (Å²) in [6.07, 6.45) is 7.68. The Balaban J connectivity index is 1.46. The number of aromatic nitrogens is 3. The third-order valence-corrected chi connectivity index (χ3v) is 5.33. The summed E-state index contributed by atoms with van der Waals surface area (Å²) in [5.41, 5.74) is 2.92. The summed E-state index contributed by atoms with van der Waals surface area (Å²) in [5, 5.41) is 0.683. The number of carbonyl (C=O) groups is 1. The van der Waals surface area contributed by atoms with Crippen LogP contribution >= 0.6 is 11.6 Å². The minimum Gasteiger partial charge on any atom is -0.342 e. The van der Waals surface area contributed by atoms with Crippen LogP contribution in [0.15, 0.2) is 61.1 Å². The third-order valence-electron chi connectivity index (χ3n) is 5.08. The summed E-state index contributed by atoms with van der Waals surface area (Å²) in [6.45, 7) is 1.49. The Labute approximate surface area is 169 Å². The number of halogens is 1. The van der Waals surface area contributed by atoms with Gasteiger partial charge in [-0.05, 0) is 48.7 Å². The second-order valence-electron chi connectivity index (χ2n) is 7.02. The fourth-order valence-corrected chi connectivity index (χ4v) is 3.70. The van der Waals surface area contributed by atoms with Crippen molar-refractivity contribution in [3.05, 3.63) is 77.3 Å². The van der Waals surface area contributed by atoms with Crippen molar-refractivity contribution in [3.63, 3.8) is 0 Å². The molecule has 5 nitrogen and oxygen atoms in total. The largest absolute Gasteiger partial charge is 0.342 e. The van der Waals surface area contributed by atoms with Crippen molar-refractivity contribution in [2.45, 2.75) is 25.2 Å². The number of carbonyl (C=O) groups excluding carboxylic acids is 1. The number of hydrogen-bond donors (Lipinski definition) is 0. The zero-order valence-electron chi connectivity index (χ0n) is 15.5. The van der Waals surface area contributed by atoms with Gasteiger partial charge >= 0.3 is 0 Å². The maximum Gasteiger partial charge on any atom is 0.227 e. The normalized spacial score (nSPS) is 16.8. The molecule has 0 unspecified atom stereocenters. The van der Waals surface area contributed by atoms with E-state index in [-0.39, 0.29) is 11.8 Å². The van der Waals surface area contributed by atoms with E-state index < -0.39 is 0 Å². The van der Waals surface area contributed by atoms with Gasteiger partial charge in [0.2, 0.25) is 5.91 Å². The van der Waals surface area contributed by atoms with E-state index in [2.05, 4.69) is 9.97 Å². The second-order valence-corrected chi connectivity index (χ2v) is 7.46. The molecule has 1 aliphatic rings. The first-order valence-electron chi connectivity index (χ1n) is 9.44. The number of nitrogens with zero attached hydrogens (tertiary/aromatic N) is 4. The molecule has 1 amide bonds. The van der Waals surface area contributed by atoms with E-state index in [0.29, 0.717) is 23.8 Å². The molecular formula is C22H21ClN4O. The van der Waals surface area contributed by atoms with Crippen molar-refractivity contribution >= 4 is 17.5 Å². The molecule has 142 valence electrons. The molecule has 1 fully saturated rings. The Morgan fingerprint density at radius 2 is 1.86 bits per heavy atom. The van der Waals surface area contributed by atoms with E-state index in [1.54, 1.807) is 18.6 Å². The molecule has 0 radical (unpaired) electrons. The topological polar surface area (TPSA) is 59.0 Å². The lowest BCUT2D eigenvalue weighted by Crippen LogP contribution is -2.40. The van der Waals surface area contributed by atoms with Gasteiger partial charge in [0.15, 0.2) is 5.82 Å². The van der Waals surface area contributed by atoms with E-state index in [4.69, 9.17) is 16.6 Å². The molecule has 3 heterocycles. The molecule has 0 spiro atoms. The highest BCUT2D eigenvalue weighted by Crippen LogP contribution is 2.27. The van der Waals surface area contributed by atoms with Crippen LogP contribution in [0.5, 0.6) is 0 Å². The fraction of sp³-hybridized carbons (Fsp3) is 0.273. The summed E-state index contributed by atoms with van der Waals surface area (Å²) in [5.74, 6) is 1.08. The van der Waals surface area contributed by atoms with E-state index in [1.165, 1.54) is 0 Å². The van der Waals surface area contributed by atoms with Crippen LogP contribution in [-0.2, 0) is 11.2 Å². The Morgan fingerprint density at radius 1 is 1.07 bits per heavy atom. The lowest BCUT2D eigenvalue weighted by molar-refractivity contribution is -0.131. The van der Waals surface area contributed by atoms with Crippen molar-refractivity contribution in [2.24, 2.45) is 0 Å². The third kappa shape index (κ3) is 4.37. The average molecular weight is 393 g/mol. The van der Waals surface area contributed by atoms with Gasteiger partial charge in [-0.1, -0.05) is 23.7 Å². The van der Waals surface area contributed by atoms with E-state index >= 15 is 0 Å². The first kappa shape index (κ1) is 18.6. The summed E-state index contributed by atoms with van der Waals surface area (Å²) in [4.78, 5) is 27.9. The van der Waals surface area contributed by atoms with Gasteiger partial charge in [0.1, 0.15) is 0 Å². The van der Waals surface area contributed by atoms with Crippen LogP contribution in [0.3, 0.4) is 0 Å².